The summed E-state index contributed by atoms with van der Waals surface area (Å²) in [5.74, 6) is 0.216. The molecule has 2 fully saturated rings. The Morgan fingerprint density at radius 3 is 2.44 bits per heavy atom. The van der Waals surface area contributed by atoms with E-state index in [4.69, 9.17) is 0 Å². The van der Waals surface area contributed by atoms with Crippen LogP contribution in [0.4, 0.5) is 5.13 Å². The number of carbonyl (C=O) groups is 3. The van der Waals surface area contributed by atoms with Crippen LogP contribution >= 0.6 is 11.3 Å². The fraction of sp³-hybridized carbons (Fsp3) is 0.647. The van der Waals surface area contributed by atoms with Gasteiger partial charge in [-0.25, -0.2) is 4.98 Å². The number of rotatable bonds is 4. The molecule has 25 heavy (non-hydrogen) atoms. The first-order valence-corrected chi connectivity index (χ1v) is 9.69. The van der Waals surface area contributed by atoms with Crippen molar-refractivity contribution in [2.24, 2.45) is 5.92 Å². The molecule has 3 amide bonds. The average molecular weight is 364 g/mol. The molecule has 0 bridgehead atoms. The molecule has 1 aromatic heterocycles. The highest BCUT2D eigenvalue weighted by Crippen LogP contribution is 2.26. The molecule has 1 aliphatic heterocycles. The molecule has 2 heterocycles. The Labute approximate surface area is 151 Å². The minimum absolute atomic E-state index is 0.0159. The first kappa shape index (κ1) is 17.8. The van der Waals surface area contributed by atoms with Crippen LogP contribution in [0.3, 0.4) is 0 Å². The number of amides is 3. The van der Waals surface area contributed by atoms with Crippen LogP contribution in [-0.4, -0.2) is 58.7 Å². The van der Waals surface area contributed by atoms with E-state index < -0.39 is 0 Å². The zero-order chi connectivity index (χ0) is 17.8. The van der Waals surface area contributed by atoms with Gasteiger partial charge in [0.1, 0.15) is 0 Å². The molecule has 1 aromatic rings. The van der Waals surface area contributed by atoms with Crippen LogP contribution in [-0.2, 0) is 20.8 Å². The van der Waals surface area contributed by atoms with Crippen molar-refractivity contribution in [3.63, 3.8) is 0 Å². The Balaban J connectivity index is 1.48. The van der Waals surface area contributed by atoms with E-state index in [1.54, 1.807) is 16.7 Å². The highest BCUT2D eigenvalue weighted by atomic mass is 32.1. The van der Waals surface area contributed by atoms with Crippen LogP contribution in [0, 0.1) is 5.92 Å². The lowest BCUT2D eigenvalue weighted by Gasteiger charge is -2.34. The molecule has 8 heteroatoms. The van der Waals surface area contributed by atoms with Crippen LogP contribution in [0.15, 0.2) is 5.38 Å². The fourth-order valence-electron chi connectivity index (χ4n) is 3.38. The van der Waals surface area contributed by atoms with Crippen LogP contribution in [0.25, 0.3) is 0 Å². The molecular formula is C17H24N4O3S. The predicted molar refractivity (Wildman–Crippen MR) is 95.2 cm³/mol. The quantitative estimate of drug-likeness (QED) is 0.878. The lowest BCUT2D eigenvalue weighted by atomic mass is 10.1. The van der Waals surface area contributed by atoms with E-state index in [2.05, 4.69) is 10.3 Å². The molecule has 0 spiro atoms. The summed E-state index contributed by atoms with van der Waals surface area (Å²) in [4.78, 5) is 43.7. The number of hydrogen-bond acceptors (Lipinski definition) is 5. The van der Waals surface area contributed by atoms with E-state index >= 15 is 0 Å². The van der Waals surface area contributed by atoms with E-state index in [9.17, 15) is 14.4 Å². The fourth-order valence-corrected chi connectivity index (χ4v) is 4.09. The zero-order valence-corrected chi connectivity index (χ0v) is 15.3. The number of carbonyl (C=O) groups excluding carboxylic acids is 3. The summed E-state index contributed by atoms with van der Waals surface area (Å²) in [6.07, 6.45) is 4.37. The van der Waals surface area contributed by atoms with Crippen molar-refractivity contribution >= 4 is 34.2 Å². The maximum atomic E-state index is 12.4. The van der Waals surface area contributed by atoms with Crippen molar-refractivity contribution in [3.8, 4) is 0 Å². The minimum Gasteiger partial charge on any atom is -0.339 e. The van der Waals surface area contributed by atoms with Gasteiger partial charge >= 0.3 is 0 Å². The van der Waals surface area contributed by atoms with E-state index in [0.717, 1.165) is 25.7 Å². The standard InChI is InChI=1S/C17H24N4O3S/c1-12(22)20-6-8-21(9-7-20)15(23)10-14-11-25-17(18-14)19-16(24)13-4-2-3-5-13/h11,13H,2-10H2,1H3,(H,18,19,24). The third-order valence-electron chi connectivity index (χ3n) is 4.92. The third kappa shape index (κ3) is 4.56. The van der Waals surface area contributed by atoms with Crippen LogP contribution < -0.4 is 5.32 Å². The van der Waals surface area contributed by atoms with Crippen molar-refractivity contribution in [1.82, 2.24) is 14.8 Å². The monoisotopic (exact) mass is 364 g/mol. The number of thiazole rings is 1. The Morgan fingerprint density at radius 1 is 1.16 bits per heavy atom. The lowest BCUT2D eigenvalue weighted by molar-refractivity contribution is -0.138. The van der Waals surface area contributed by atoms with E-state index in [1.807, 2.05) is 5.38 Å². The Kier molecular flexibility index (Phi) is 5.67. The summed E-state index contributed by atoms with van der Waals surface area (Å²) in [7, 11) is 0. The SMILES string of the molecule is CC(=O)N1CCN(C(=O)Cc2csc(NC(=O)C3CCCC3)n2)CC1. The van der Waals surface area contributed by atoms with Gasteiger partial charge in [0.2, 0.25) is 17.7 Å². The summed E-state index contributed by atoms with van der Waals surface area (Å²) in [5.41, 5.74) is 0.686. The number of piperazine rings is 1. The Bertz CT molecular complexity index is 646. The van der Waals surface area contributed by atoms with Crippen LogP contribution in [0.2, 0.25) is 0 Å². The summed E-state index contributed by atoms with van der Waals surface area (Å²) in [6.45, 7) is 3.84. The maximum absolute atomic E-state index is 12.4. The molecule has 0 atom stereocenters. The first-order chi connectivity index (χ1) is 12.0. The molecule has 136 valence electrons. The van der Waals surface area contributed by atoms with Crippen molar-refractivity contribution in [1.29, 1.82) is 0 Å². The molecule has 1 N–H and O–H groups in total. The van der Waals surface area contributed by atoms with Crippen LogP contribution in [0.1, 0.15) is 38.3 Å². The molecule has 3 rings (SSSR count). The van der Waals surface area contributed by atoms with Gasteiger partial charge in [-0.05, 0) is 12.8 Å². The predicted octanol–water partition coefficient (Wildman–Crippen LogP) is 1.50. The van der Waals surface area contributed by atoms with Gasteiger partial charge in [0.25, 0.3) is 0 Å². The molecule has 1 saturated heterocycles. The van der Waals surface area contributed by atoms with E-state index in [-0.39, 0.29) is 30.1 Å². The van der Waals surface area contributed by atoms with Gasteiger partial charge in [0.15, 0.2) is 5.13 Å². The molecular weight excluding hydrogens is 340 g/mol. The Morgan fingerprint density at radius 2 is 1.80 bits per heavy atom. The number of anilines is 1. The summed E-state index contributed by atoms with van der Waals surface area (Å²) >= 11 is 1.36. The number of nitrogens with zero attached hydrogens (tertiary/aromatic N) is 3. The van der Waals surface area contributed by atoms with Gasteiger partial charge < -0.3 is 15.1 Å². The second kappa shape index (κ2) is 7.95. The van der Waals surface area contributed by atoms with Gasteiger partial charge in [-0.3, -0.25) is 14.4 Å². The van der Waals surface area contributed by atoms with Gasteiger partial charge in [0.05, 0.1) is 12.1 Å². The topological polar surface area (TPSA) is 82.6 Å². The molecule has 7 nitrogen and oxygen atoms in total. The largest absolute Gasteiger partial charge is 0.339 e. The average Bonchev–Trinajstić information content (AvgIpc) is 3.27. The van der Waals surface area contributed by atoms with Gasteiger partial charge in [-0.2, -0.15) is 0 Å². The second-order valence-corrected chi connectivity index (χ2v) is 7.54. The first-order valence-electron chi connectivity index (χ1n) is 8.81. The minimum atomic E-state index is 0.0159. The van der Waals surface area contributed by atoms with E-state index in [1.165, 1.54) is 11.3 Å². The van der Waals surface area contributed by atoms with Gasteiger partial charge in [-0.15, -0.1) is 11.3 Å². The number of hydrogen-bond donors (Lipinski definition) is 1. The third-order valence-corrected chi connectivity index (χ3v) is 5.72. The highest BCUT2D eigenvalue weighted by Gasteiger charge is 2.25. The zero-order valence-electron chi connectivity index (χ0n) is 14.5. The number of nitrogens with one attached hydrogen (secondary N) is 1. The van der Waals surface area contributed by atoms with Crippen LogP contribution in [0.5, 0.6) is 0 Å². The van der Waals surface area contributed by atoms with Crippen molar-refractivity contribution in [2.75, 3.05) is 31.5 Å². The van der Waals surface area contributed by atoms with E-state index in [0.29, 0.717) is 37.0 Å². The smallest absolute Gasteiger partial charge is 0.229 e. The van der Waals surface area contributed by atoms with Crippen molar-refractivity contribution < 1.29 is 14.4 Å². The highest BCUT2D eigenvalue weighted by molar-refractivity contribution is 7.13. The van der Waals surface area contributed by atoms with Gasteiger partial charge in [-0.1, -0.05) is 12.8 Å². The van der Waals surface area contributed by atoms with Crippen molar-refractivity contribution in [2.45, 2.75) is 39.0 Å². The summed E-state index contributed by atoms with van der Waals surface area (Å²) in [6, 6.07) is 0. The second-order valence-electron chi connectivity index (χ2n) is 6.68. The molecule has 0 aromatic carbocycles. The maximum Gasteiger partial charge on any atom is 0.229 e. The summed E-state index contributed by atoms with van der Waals surface area (Å²) < 4.78 is 0. The molecule has 1 saturated carbocycles. The molecule has 0 radical (unpaired) electrons. The molecule has 1 aliphatic carbocycles. The number of aromatic nitrogens is 1. The molecule has 2 aliphatic rings. The normalized spacial score (nSPS) is 18.4. The Hall–Kier alpha value is -1.96. The summed E-state index contributed by atoms with van der Waals surface area (Å²) in [5, 5.41) is 5.27. The lowest BCUT2D eigenvalue weighted by Crippen LogP contribution is -2.50. The van der Waals surface area contributed by atoms with Gasteiger partial charge in [0, 0.05) is 44.4 Å². The molecule has 0 unspecified atom stereocenters. The van der Waals surface area contributed by atoms with Crippen molar-refractivity contribution in [3.05, 3.63) is 11.1 Å².